The molecule has 0 spiro atoms. The van der Waals surface area contributed by atoms with E-state index in [-0.39, 0.29) is 5.82 Å². The number of hydrogen-bond acceptors (Lipinski definition) is 7. The number of hydrogen-bond donors (Lipinski definition) is 4. The van der Waals surface area contributed by atoms with Crippen LogP contribution in [0.4, 0.5) is 15.8 Å². The van der Waals surface area contributed by atoms with Gasteiger partial charge in [0.1, 0.15) is 5.82 Å². The number of nitrogens with zero attached hydrogens (tertiary/aromatic N) is 5. The number of pyridine rings is 3. The van der Waals surface area contributed by atoms with Gasteiger partial charge in [0, 0.05) is 76.0 Å². The molecule has 9 nitrogen and oxygen atoms in total. The van der Waals surface area contributed by atoms with Crippen molar-refractivity contribution in [3.05, 3.63) is 85.3 Å². The van der Waals surface area contributed by atoms with Gasteiger partial charge in [-0.15, -0.1) is 0 Å². The second kappa shape index (κ2) is 11.5. The average Bonchev–Trinajstić information content (AvgIpc) is 3.59. The first-order chi connectivity index (χ1) is 21.4. The third-order valence-electron chi connectivity index (χ3n) is 8.26. The van der Waals surface area contributed by atoms with Crippen LogP contribution in [0.5, 0.6) is 0 Å². The molecule has 0 atom stereocenters. The molecule has 0 amide bonds. The highest BCUT2D eigenvalue weighted by Crippen LogP contribution is 2.36. The molecule has 0 bridgehead atoms. The predicted molar refractivity (Wildman–Crippen MR) is 175 cm³/mol. The van der Waals surface area contributed by atoms with Crippen LogP contribution in [-0.4, -0.2) is 62.2 Å². The largest absolute Gasteiger partial charge is 0.384 e. The number of aromatic nitrogens is 6. The number of rotatable bonds is 10. The quantitative estimate of drug-likeness (QED) is 0.136. The van der Waals surface area contributed by atoms with Gasteiger partial charge in [-0.1, -0.05) is 13.0 Å². The number of nitrogens with one attached hydrogen (secondary N) is 4. The molecule has 5 heterocycles. The Kier molecular flexibility index (Phi) is 7.27. The Bertz CT molecular complexity index is 1990. The zero-order valence-corrected chi connectivity index (χ0v) is 24.8. The van der Waals surface area contributed by atoms with E-state index in [1.165, 1.54) is 31.4 Å². The van der Waals surface area contributed by atoms with Crippen molar-refractivity contribution in [1.82, 2.24) is 35.0 Å². The summed E-state index contributed by atoms with van der Waals surface area (Å²) < 4.78 is 14.7. The lowest BCUT2D eigenvalue weighted by molar-refractivity contribution is 0.371. The minimum atomic E-state index is -0.316. The van der Waals surface area contributed by atoms with Gasteiger partial charge in [-0.05, 0) is 75.3 Å². The Labute approximate surface area is 254 Å². The van der Waals surface area contributed by atoms with Crippen LogP contribution in [0.1, 0.15) is 19.3 Å². The van der Waals surface area contributed by atoms with Crippen LogP contribution in [0.2, 0.25) is 0 Å². The molecule has 1 saturated carbocycles. The third-order valence-corrected chi connectivity index (χ3v) is 8.26. The highest BCUT2D eigenvalue weighted by Gasteiger charge is 2.21. The molecule has 0 saturated heterocycles. The topological polar surface area (TPSA) is 110 Å². The lowest BCUT2D eigenvalue weighted by atomic mass is 9.83. The van der Waals surface area contributed by atoms with Crippen molar-refractivity contribution in [3.8, 4) is 33.8 Å². The van der Waals surface area contributed by atoms with Crippen molar-refractivity contribution in [1.29, 1.82) is 0 Å². The van der Waals surface area contributed by atoms with Gasteiger partial charge in [0.2, 0.25) is 0 Å². The van der Waals surface area contributed by atoms with Gasteiger partial charge in [-0.25, -0.2) is 9.37 Å². The molecule has 1 aromatic carbocycles. The smallest absolute Gasteiger partial charge is 0.181 e. The fraction of sp³-hybridized carbons (Fsp3) is 0.235. The number of benzene rings is 1. The Balaban J connectivity index is 1.21. The molecular formula is C34H34FN9. The summed E-state index contributed by atoms with van der Waals surface area (Å²) in [5.41, 5.74) is 9.09. The van der Waals surface area contributed by atoms with E-state index in [2.05, 4.69) is 64.4 Å². The van der Waals surface area contributed by atoms with Gasteiger partial charge in [0.05, 0.1) is 29.0 Å². The lowest BCUT2D eigenvalue weighted by Gasteiger charge is -2.28. The molecule has 0 unspecified atom stereocenters. The summed E-state index contributed by atoms with van der Waals surface area (Å²) in [6.07, 6.45) is 10.8. The molecular weight excluding hydrogens is 553 g/mol. The summed E-state index contributed by atoms with van der Waals surface area (Å²) in [6, 6.07) is 13.1. The Morgan fingerprint density at radius 1 is 0.977 bits per heavy atom. The summed E-state index contributed by atoms with van der Waals surface area (Å²) in [5, 5.41) is 16.1. The number of anilines is 2. The molecule has 6 aromatic rings. The minimum absolute atomic E-state index is 0.316. The van der Waals surface area contributed by atoms with Gasteiger partial charge in [-0.3, -0.25) is 15.1 Å². The van der Waals surface area contributed by atoms with E-state index in [0.29, 0.717) is 29.4 Å². The monoisotopic (exact) mass is 587 g/mol. The second-order valence-corrected chi connectivity index (χ2v) is 11.7. The van der Waals surface area contributed by atoms with Crippen molar-refractivity contribution in [2.45, 2.75) is 19.3 Å². The molecule has 1 aliphatic rings. The third kappa shape index (κ3) is 5.51. The van der Waals surface area contributed by atoms with Crippen LogP contribution < -0.4 is 10.6 Å². The first kappa shape index (κ1) is 27.7. The molecule has 7 rings (SSSR count). The van der Waals surface area contributed by atoms with Crippen LogP contribution in [0.3, 0.4) is 0 Å². The van der Waals surface area contributed by atoms with Crippen molar-refractivity contribution < 1.29 is 4.39 Å². The van der Waals surface area contributed by atoms with E-state index in [1.54, 1.807) is 6.20 Å². The average molecular weight is 588 g/mol. The second-order valence-electron chi connectivity index (χ2n) is 11.7. The predicted octanol–water partition coefficient (Wildman–Crippen LogP) is 7.07. The van der Waals surface area contributed by atoms with E-state index in [9.17, 15) is 4.39 Å². The minimum Gasteiger partial charge on any atom is -0.384 e. The zero-order chi connectivity index (χ0) is 30.2. The van der Waals surface area contributed by atoms with Crippen molar-refractivity contribution in [2.24, 2.45) is 5.92 Å². The molecule has 222 valence electrons. The fourth-order valence-electron chi connectivity index (χ4n) is 5.64. The Morgan fingerprint density at radius 3 is 2.64 bits per heavy atom. The van der Waals surface area contributed by atoms with Gasteiger partial charge >= 0.3 is 0 Å². The lowest BCUT2D eigenvalue weighted by Crippen LogP contribution is -2.20. The molecule has 1 fully saturated rings. The fourth-order valence-corrected chi connectivity index (χ4v) is 5.64. The number of fused-ring (bicyclic) bond motifs is 2. The Hall–Kier alpha value is -5.09. The first-order valence-corrected chi connectivity index (χ1v) is 14.8. The molecule has 1 aliphatic carbocycles. The zero-order valence-electron chi connectivity index (χ0n) is 24.8. The van der Waals surface area contributed by atoms with Crippen molar-refractivity contribution in [3.63, 3.8) is 0 Å². The number of halogens is 1. The van der Waals surface area contributed by atoms with Crippen molar-refractivity contribution in [2.75, 3.05) is 37.8 Å². The van der Waals surface area contributed by atoms with Crippen LogP contribution in [0.25, 0.3) is 55.7 Å². The van der Waals surface area contributed by atoms with E-state index in [1.807, 2.05) is 50.9 Å². The molecule has 44 heavy (non-hydrogen) atoms. The SMILES string of the molecule is C=C(Nc1cncc(-c2cnc3n[nH]c(-c4cc5c(-c6cc(F)cc(NCCN(C)C)c6)nccc5[nH]4)c3c2)c1)C1CCC1. The molecule has 5 aromatic heterocycles. The summed E-state index contributed by atoms with van der Waals surface area (Å²) in [4.78, 5) is 19.3. The van der Waals surface area contributed by atoms with Crippen molar-refractivity contribution >= 4 is 33.3 Å². The number of H-pyrrole nitrogens is 2. The normalized spacial score (nSPS) is 13.5. The summed E-state index contributed by atoms with van der Waals surface area (Å²) in [7, 11) is 4.02. The Morgan fingerprint density at radius 2 is 1.82 bits per heavy atom. The van der Waals surface area contributed by atoms with E-state index in [4.69, 9.17) is 0 Å². The van der Waals surface area contributed by atoms with Crippen LogP contribution in [-0.2, 0) is 0 Å². The molecule has 0 aliphatic heterocycles. The van der Waals surface area contributed by atoms with Crippen LogP contribution in [0, 0.1) is 11.7 Å². The van der Waals surface area contributed by atoms with Crippen LogP contribution in [0.15, 0.2) is 79.5 Å². The highest BCUT2D eigenvalue weighted by molar-refractivity contribution is 6.00. The molecule has 10 heteroatoms. The standard InChI is InChI=1S/C34H34FN9/c1-20(21-5-4-6-21)40-27-13-23(17-36-19-27)24-14-29-33(42-43-34(29)39-18-24)31-16-28-30(41-31)7-8-38-32(28)22-11-25(35)15-26(12-22)37-9-10-44(2)3/h7-8,11-19,21,37,40-41H,1,4-6,9-10H2,2-3H3,(H,39,42,43). The maximum atomic E-state index is 14.7. The molecule has 4 N–H and O–H groups in total. The van der Waals surface area contributed by atoms with Gasteiger partial charge < -0.3 is 20.5 Å². The highest BCUT2D eigenvalue weighted by atomic mass is 19.1. The summed E-state index contributed by atoms with van der Waals surface area (Å²) >= 11 is 0. The summed E-state index contributed by atoms with van der Waals surface area (Å²) in [6.45, 7) is 5.77. The maximum absolute atomic E-state index is 14.7. The first-order valence-electron chi connectivity index (χ1n) is 14.8. The van der Waals surface area contributed by atoms with Gasteiger partial charge in [-0.2, -0.15) is 5.10 Å². The molecule has 0 radical (unpaired) electrons. The maximum Gasteiger partial charge on any atom is 0.181 e. The number of allylic oxidation sites excluding steroid dienone is 1. The van der Waals surface area contributed by atoms with E-state index < -0.39 is 0 Å². The van der Waals surface area contributed by atoms with E-state index >= 15 is 0 Å². The number of aromatic amines is 2. The van der Waals surface area contributed by atoms with Crippen LogP contribution >= 0.6 is 0 Å². The van der Waals surface area contributed by atoms with Gasteiger partial charge in [0.15, 0.2) is 5.65 Å². The van der Waals surface area contributed by atoms with E-state index in [0.717, 1.165) is 62.4 Å². The summed E-state index contributed by atoms with van der Waals surface area (Å²) in [5.74, 6) is 0.216. The number of likely N-dealkylation sites (N-methyl/N-ethyl adjacent to an activating group) is 1. The van der Waals surface area contributed by atoms with Gasteiger partial charge in [0.25, 0.3) is 0 Å².